The summed E-state index contributed by atoms with van der Waals surface area (Å²) in [5.74, 6) is -2.06. The molecule has 7 fully saturated rings. The molecule has 10 atom stereocenters. The number of rotatable bonds is 6. The monoisotopic (exact) mass is 599 g/mol. The third-order valence-electron chi connectivity index (χ3n) is 12.7. The van der Waals surface area contributed by atoms with Gasteiger partial charge in [-0.05, 0) is 82.1 Å². The van der Waals surface area contributed by atoms with Gasteiger partial charge in [-0.2, -0.15) is 13.2 Å². The quantitative estimate of drug-likeness (QED) is 0.451. The molecular weight excluding hydrogens is 550 g/mol. The van der Waals surface area contributed by atoms with Crippen LogP contribution in [0.3, 0.4) is 0 Å². The lowest BCUT2D eigenvalue weighted by Gasteiger charge is -2.52. The number of amides is 1. The standard InChI is InChI=1S/C31H49F4N5O2/c1-38-18-36-37-28(38)11-30(16-42-17-30)21-5-3-6-22(10-21)40-15-25-23(29(40)41)8-19(9-26(25)31(33,34)35)12-39-13-20-4-2-7-27(32)24(20)14-39/h19-28,36-37H,2-18H2,1H3. The number of halogens is 4. The first-order chi connectivity index (χ1) is 20.1. The van der Waals surface area contributed by atoms with Gasteiger partial charge in [-0.3, -0.25) is 9.69 Å². The molecule has 7 aliphatic rings. The second-order valence-corrected chi connectivity index (χ2v) is 15.2. The number of fused-ring (bicyclic) bond motifs is 2. The summed E-state index contributed by atoms with van der Waals surface area (Å²) in [6.07, 6.45) is 3.11. The van der Waals surface area contributed by atoms with E-state index in [9.17, 15) is 22.4 Å². The zero-order chi connectivity index (χ0) is 29.2. The van der Waals surface area contributed by atoms with Crippen molar-refractivity contribution in [3.8, 4) is 0 Å². The highest BCUT2D eigenvalue weighted by Gasteiger charge is 2.59. The van der Waals surface area contributed by atoms with E-state index in [1.54, 1.807) is 0 Å². The average Bonchev–Trinajstić information content (AvgIpc) is 3.63. The Bertz CT molecular complexity index is 997. The summed E-state index contributed by atoms with van der Waals surface area (Å²) in [5, 5.41) is 0. The van der Waals surface area contributed by atoms with Crippen LogP contribution < -0.4 is 10.9 Å². The van der Waals surface area contributed by atoms with Gasteiger partial charge in [0.2, 0.25) is 5.91 Å². The van der Waals surface area contributed by atoms with Gasteiger partial charge in [0.25, 0.3) is 0 Å². The van der Waals surface area contributed by atoms with Gasteiger partial charge in [0.15, 0.2) is 0 Å². The summed E-state index contributed by atoms with van der Waals surface area (Å²) in [6, 6.07) is 0.0160. The molecule has 0 radical (unpaired) electrons. The smallest absolute Gasteiger partial charge is 0.380 e. The van der Waals surface area contributed by atoms with Crippen LogP contribution in [0.5, 0.6) is 0 Å². The molecule has 0 aromatic heterocycles. The molecule has 4 aliphatic heterocycles. The summed E-state index contributed by atoms with van der Waals surface area (Å²) in [7, 11) is 2.10. The SMILES string of the molecule is CN1CNNC1CC1(C2CCCC(N3CC4C(CC(CN5CC6CCCC(F)C6C5)CC4C(F)(F)F)C3=O)C2)COC1. The predicted octanol–water partition coefficient (Wildman–Crippen LogP) is 4.01. The second kappa shape index (κ2) is 11.4. The molecule has 7 nitrogen and oxygen atoms in total. The van der Waals surface area contributed by atoms with Gasteiger partial charge in [-0.15, -0.1) is 0 Å². The van der Waals surface area contributed by atoms with Crippen molar-refractivity contribution < 1.29 is 27.1 Å². The molecule has 1 amide bonds. The number of nitrogens with zero attached hydrogens (tertiary/aromatic N) is 3. The Kier molecular flexibility index (Phi) is 8.07. The number of hydrogen-bond donors (Lipinski definition) is 2. The summed E-state index contributed by atoms with van der Waals surface area (Å²) < 4.78 is 63.9. The van der Waals surface area contributed by atoms with Gasteiger partial charge >= 0.3 is 6.18 Å². The number of likely N-dealkylation sites (tertiary alicyclic amines) is 2. The maximum atomic E-state index is 14.6. The van der Waals surface area contributed by atoms with E-state index in [-0.39, 0.29) is 48.3 Å². The zero-order valence-electron chi connectivity index (χ0n) is 25.0. The maximum Gasteiger partial charge on any atom is 0.392 e. The van der Waals surface area contributed by atoms with E-state index in [1.807, 2.05) is 4.90 Å². The Labute approximate surface area is 247 Å². The first kappa shape index (κ1) is 29.7. The molecule has 238 valence electrons. The zero-order valence-corrected chi connectivity index (χ0v) is 25.0. The van der Waals surface area contributed by atoms with E-state index in [0.29, 0.717) is 37.8 Å². The third kappa shape index (κ3) is 5.41. The summed E-state index contributed by atoms with van der Waals surface area (Å²) in [6.45, 7) is 4.49. The molecule has 4 saturated heterocycles. The highest BCUT2D eigenvalue weighted by atomic mass is 19.4. The van der Waals surface area contributed by atoms with Crippen molar-refractivity contribution >= 4 is 5.91 Å². The topological polar surface area (TPSA) is 60.1 Å². The van der Waals surface area contributed by atoms with Gasteiger partial charge in [0.05, 0.1) is 32.0 Å². The van der Waals surface area contributed by atoms with E-state index in [4.69, 9.17) is 4.74 Å². The van der Waals surface area contributed by atoms with Crippen molar-refractivity contribution in [2.24, 2.45) is 46.8 Å². The highest BCUT2D eigenvalue weighted by Crippen LogP contribution is 2.53. The minimum Gasteiger partial charge on any atom is -0.380 e. The number of ether oxygens (including phenoxy) is 1. The minimum absolute atomic E-state index is 0.0160. The minimum atomic E-state index is -4.31. The van der Waals surface area contributed by atoms with Crippen LogP contribution in [-0.2, 0) is 9.53 Å². The molecular formula is C31H49F4N5O2. The van der Waals surface area contributed by atoms with Crippen molar-refractivity contribution in [1.82, 2.24) is 25.6 Å². The molecule has 10 unspecified atom stereocenters. The van der Waals surface area contributed by atoms with E-state index < -0.39 is 30.1 Å². The third-order valence-corrected chi connectivity index (χ3v) is 12.7. The number of hydrogen-bond acceptors (Lipinski definition) is 6. The van der Waals surface area contributed by atoms with Crippen molar-refractivity contribution in [3.05, 3.63) is 0 Å². The van der Waals surface area contributed by atoms with Crippen molar-refractivity contribution in [2.45, 2.75) is 88.8 Å². The Morgan fingerprint density at radius 1 is 1.00 bits per heavy atom. The lowest BCUT2D eigenvalue weighted by molar-refractivity contribution is -0.204. The maximum absolute atomic E-state index is 14.6. The van der Waals surface area contributed by atoms with Crippen LogP contribution in [-0.4, -0.2) is 98.3 Å². The van der Waals surface area contributed by atoms with Gasteiger partial charge in [-0.25, -0.2) is 15.2 Å². The number of nitrogens with one attached hydrogen (secondary N) is 2. The fraction of sp³-hybridized carbons (Fsp3) is 0.968. The molecule has 42 heavy (non-hydrogen) atoms. The molecule has 0 aromatic rings. The molecule has 0 bridgehead atoms. The van der Waals surface area contributed by atoms with Crippen LogP contribution in [0.25, 0.3) is 0 Å². The van der Waals surface area contributed by atoms with Crippen molar-refractivity contribution in [2.75, 3.05) is 53.1 Å². The lowest BCUT2D eigenvalue weighted by atomic mass is 9.64. The molecule has 2 N–H and O–H groups in total. The Morgan fingerprint density at radius 2 is 1.81 bits per heavy atom. The van der Waals surface area contributed by atoms with Crippen LogP contribution in [0.4, 0.5) is 17.6 Å². The van der Waals surface area contributed by atoms with Gasteiger partial charge < -0.3 is 14.5 Å². The van der Waals surface area contributed by atoms with Crippen molar-refractivity contribution in [3.63, 3.8) is 0 Å². The normalized spacial score (nSPS) is 44.7. The van der Waals surface area contributed by atoms with Crippen LogP contribution >= 0.6 is 0 Å². The number of carbonyl (C=O) groups excluding carboxylic acids is 1. The van der Waals surface area contributed by atoms with E-state index in [0.717, 1.165) is 71.4 Å². The largest absolute Gasteiger partial charge is 0.392 e. The van der Waals surface area contributed by atoms with Crippen molar-refractivity contribution in [1.29, 1.82) is 0 Å². The summed E-state index contributed by atoms with van der Waals surface area (Å²) in [5.41, 5.74) is 6.63. The predicted molar refractivity (Wildman–Crippen MR) is 149 cm³/mol. The Hall–Kier alpha value is -1.01. The number of carbonyl (C=O) groups is 1. The van der Waals surface area contributed by atoms with E-state index in [1.165, 1.54) is 0 Å². The van der Waals surface area contributed by atoms with E-state index in [2.05, 4.69) is 27.7 Å². The van der Waals surface area contributed by atoms with Gasteiger partial charge in [0.1, 0.15) is 6.17 Å². The first-order valence-electron chi connectivity index (χ1n) is 16.6. The molecule has 3 saturated carbocycles. The first-order valence-corrected chi connectivity index (χ1v) is 16.6. The second-order valence-electron chi connectivity index (χ2n) is 15.2. The Morgan fingerprint density at radius 3 is 2.50 bits per heavy atom. The van der Waals surface area contributed by atoms with E-state index >= 15 is 0 Å². The summed E-state index contributed by atoms with van der Waals surface area (Å²) in [4.78, 5) is 20.3. The Balaban J connectivity index is 1.03. The number of hydrazine groups is 1. The van der Waals surface area contributed by atoms with Crippen LogP contribution in [0.2, 0.25) is 0 Å². The fourth-order valence-corrected chi connectivity index (χ4v) is 10.4. The average molecular weight is 600 g/mol. The fourth-order valence-electron chi connectivity index (χ4n) is 10.4. The molecule has 0 aromatic carbocycles. The summed E-state index contributed by atoms with van der Waals surface area (Å²) >= 11 is 0. The van der Waals surface area contributed by atoms with Crippen LogP contribution in [0.1, 0.15) is 64.2 Å². The highest BCUT2D eigenvalue weighted by molar-refractivity contribution is 5.82. The molecule has 7 rings (SSSR count). The molecule has 3 aliphatic carbocycles. The van der Waals surface area contributed by atoms with Crippen LogP contribution in [0.15, 0.2) is 0 Å². The van der Waals surface area contributed by atoms with Gasteiger partial charge in [-0.1, -0.05) is 12.8 Å². The molecule has 11 heteroatoms. The lowest BCUT2D eigenvalue weighted by Crippen LogP contribution is -2.56. The molecule has 4 heterocycles. The van der Waals surface area contributed by atoms with Crippen LogP contribution in [0, 0.1) is 46.8 Å². The molecule has 0 spiro atoms. The van der Waals surface area contributed by atoms with Gasteiger partial charge in [0, 0.05) is 49.5 Å². The number of alkyl halides is 4.